The highest BCUT2D eigenvalue weighted by Crippen LogP contribution is 2.46. The van der Waals surface area contributed by atoms with E-state index in [0.29, 0.717) is 17.8 Å². The first-order valence-corrected chi connectivity index (χ1v) is 16.0. The monoisotopic (exact) mass is 642 g/mol. The van der Waals surface area contributed by atoms with Gasteiger partial charge in [-0.1, -0.05) is 6.08 Å². The number of hydrogen-bond acceptors (Lipinski definition) is 8. The molecule has 0 aromatic carbocycles. The number of amides is 5. The molecule has 46 heavy (non-hydrogen) atoms. The third-order valence-electron chi connectivity index (χ3n) is 9.12. The highest BCUT2D eigenvalue weighted by atomic mass is 16.6. The molecule has 0 bridgehead atoms. The van der Waals surface area contributed by atoms with Crippen molar-refractivity contribution in [2.45, 2.75) is 71.1 Å². The number of rotatable bonds is 7. The van der Waals surface area contributed by atoms with Gasteiger partial charge in [-0.25, -0.2) is 19.2 Å². The molecule has 0 radical (unpaired) electrons. The minimum atomic E-state index is -1.28. The standard InChI is InChI=1S/C31H46N8O7/c1-30(2,3)46-29(45)34-24-21-17-36(18-22(21)24)16-19-6-8-20(9-7-19)39-11-10-23(33-27(39)42)32-26(41)38-14-12-37(13-15-38)25(40)31(4,5)35-28(43)44/h8,10-11,19,21-22,24,35H,6-7,9,12-18H2,1-5H3,(H,34,45)(H,43,44)(H,32,33,41,42). The van der Waals surface area contributed by atoms with E-state index in [-0.39, 0.29) is 50.0 Å². The van der Waals surface area contributed by atoms with Gasteiger partial charge in [-0.05, 0) is 77.7 Å². The Hall–Kier alpha value is -4.14. The topological polar surface area (TPSA) is 178 Å². The third-order valence-corrected chi connectivity index (χ3v) is 9.12. The molecule has 5 rings (SSSR count). The van der Waals surface area contributed by atoms with Crippen molar-refractivity contribution in [3.05, 3.63) is 28.8 Å². The first-order chi connectivity index (χ1) is 21.6. The maximum atomic E-state index is 12.9. The molecule has 3 fully saturated rings. The number of piperazine rings is 1. The fourth-order valence-corrected chi connectivity index (χ4v) is 6.75. The number of allylic oxidation sites excluding steroid dienone is 2. The molecule has 252 valence electrons. The summed E-state index contributed by atoms with van der Waals surface area (Å²) in [6.45, 7) is 12.6. The van der Waals surface area contributed by atoms with Crippen molar-refractivity contribution in [3.8, 4) is 0 Å². The molecule has 3 heterocycles. The number of likely N-dealkylation sites (tertiary alicyclic amines) is 1. The molecule has 5 amide bonds. The fraction of sp³-hybridized carbons (Fsp3) is 0.677. The molecule has 1 aromatic heterocycles. The lowest BCUT2D eigenvalue weighted by atomic mass is 9.92. The van der Waals surface area contributed by atoms with Crippen molar-refractivity contribution in [2.75, 3.05) is 51.1 Å². The number of alkyl carbamates (subject to hydrolysis) is 1. The van der Waals surface area contributed by atoms with E-state index in [1.807, 2.05) is 20.8 Å². The quantitative estimate of drug-likeness (QED) is 0.347. The van der Waals surface area contributed by atoms with Crippen LogP contribution in [0.3, 0.4) is 0 Å². The van der Waals surface area contributed by atoms with E-state index in [9.17, 15) is 24.0 Å². The van der Waals surface area contributed by atoms with Gasteiger partial charge in [0.1, 0.15) is 17.0 Å². The summed E-state index contributed by atoms with van der Waals surface area (Å²) in [6.07, 6.45) is 4.69. The van der Waals surface area contributed by atoms with Crippen LogP contribution in [0.4, 0.5) is 20.2 Å². The van der Waals surface area contributed by atoms with Crippen LogP contribution in [0.2, 0.25) is 0 Å². The highest BCUT2D eigenvalue weighted by Gasteiger charge is 2.56. The fourth-order valence-electron chi connectivity index (χ4n) is 6.75. The molecule has 1 saturated carbocycles. The number of fused-ring (bicyclic) bond motifs is 1. The summed E-state index contributed by atoms with van der Waals surface area (Å²) in [5, 5.41) is 16.9. The van der Waals surface area contributed by atoms with E-state index < -0.39 is 29.0 Å². The van der Waals surface area contributed by atoms with Gasteiger partial charge in [0, 0.05) is 63.7 Å². The molecule has 0 spiro atoms. The van der Waals surface area contributed by atoms with E-state index in [1.165, 1.54) is 28.2 Å². The van der Waals surface area contributed by atoms with Gasteiger partial charge in [-0.15, -0.1) is 0 Å². The Morgan fingerprint density at radius 3 is 2.24 bits per heavy atom. The van der Waals surface area contributed by atoms with Crippen molar-refractivity contribution in [1.29, 1.82) is 0 Å². The second kappa shape index (κ2) is 12.9. The maximum Gasteiger partial charge on any atom is 0.407 e. The number of nitrogens with one attached hydrogen (secondary N) is 3. The van der Waals surface area contributed by atoms with Crippen LogP contribution in [0.25, 0.3) is 5.70 Å². The van der Waals surface area contributed by atoms with Gasteiger partial charge in [-0.2, -0.15) is 4.98 Å². The molecule has 2 saturated heterocycles. The molecular formula is C31H46N8O7. The van der Waals surface area contributed by atoms with Crippen molar-refractivity contribution < 1.29 is 29.0 Å². The summed E-state index contributed by atoms with van der Waals surface area (Å²) < 4.78 is 6.92. The second-order valence-corrected chi connectivity index (χ2v) is 14.3. The van der Waals surface area contributed by atoms with Crippen LogP contribution < -0.4 is 21.6 Å². The molecule has 3 unspecified atom stereocenters. The van der Waals surface area contributed by atoms with Gasteiger partial charge in [-0.3, -0.25) is 14.7 Å². The highest BCUT2D eigenvalue weighted by molar-refractivity contribution is 5.90. The van der Waals surface area contributed by atoms with Crippen LogP contribution >= 0.6 is 0 Å². The van der Waals surface area contributed by atoms with Crippen molar-refractivity contribution in [1.82, 2.24) is 34.9 Å². The summed E-state index contributed by atoms with van der Waals surface area (Å²) in [6, 6.07) is 1.38. The number of ether oxygens (including phenoxy) is 1. The first kappa shape index (κ1) is 33.2. The summed E-state index contributed by atoms with van der Waals surface area (Å²) in [5.74, 6) is 1.26. The predicted octanol–water partition coefficient (Wildman–Crippen LogP) is 2.06. The summed E-state index contributed by atoms with van der Waals surface area (Å²) >= 11 is 0. The lowest BCUT2D eigenvalue weighted by molar-refractivity contribution is -0.138. The number of urea groups is 1. The average Bonchev–Trinajstić information content (AvgIpc) is 3.38. The second-order valence-electron chi connectivity index (χ2n) is 14.3. The molecule has 15 nitrogen and oxygen atoms in total. The largest absolute Gasteiger partial charge is 0.465 e. The summed E-state index contributed by atoms with van der Waals surface area (Å²) in [5.41, 5.74) is -1.34. The van der Waals surface area contributed by atoms with Crippen LogP contribution in [0.1, 0.15) is 53.9 Å². The lowest BCUT2D eigenvalue weighted by Crippen LogP contribution is -2.60. The van der Waals surface area contributed by atoms with Gasteiger partial charge >= 0.3 is 23.9 Å². The van der Waals surface area contributed by atoms with Crippen LogP contribution in [-0.2, 0) is 9.53 Å². The number of aromatic nitrogens is 2. The van der Waals surface area contributed by atoms with Crippen LogP contribution in [0.15, 0.2) is 23.1 Å². The minimum Gasteiger partial charge on any atom is -0.465 e. The zero-order valence-electron chi connectivity index (χ0n) is 27.2. The van der Waals surface area contributed by atoms with Gasteiger partial charge in [0.25, 0.3) is 0 Å². The smallest absolute Gasteiger partial charge is 0.407 e. The minimum absolute atomic E-state index is 0.151. The number of carbonyl (C=O) groups is 4. The number of nitrogens with zero attached hydrogens (tertiary/aromatic N) is 5. The Labute approximate surface area is 268 Å². The van der Waals surface area contributed by atoms with Crippen molar-refractivity contribution in [3.63, 3.8) is 0 Å². The van der Waals surface area contributed by atoms with Gasteiger partial charge < -0.3 is 35.2 Å². The molecule has 15 heteroatoms. The van der Waals surface area contributed by atoms with E-state index in [1.54, 1.807) is 12.3 Å². The summed E-state index contributed by atoms with van der Waals surface area (Å²) in [7, 11) is 0. The Balaban J connectivity index is 1.05. The normalized spacial score (nSPS) is 24.8. The predicted molar refractivity (Wildman–Crippen MR) is 169 cm³/mol. The van der Waals surface area contributed by atoms with E-state index in [2.05, 4.69) is 31.9 Å². The molecule has 3 atom stereocenters. The van der Waals surface area contributed by atoms with E-state index in [4.69, 9.17) is 9.84 Å². The van der Waals surface area contributed by atoms with E-state index >= 15 is 0 Å². The van der Waals surface area contributed by atoms with Crippen LogP contribution in [0, 0.1) is 17.8 Å². The lowest BCUT2D eigenvalue weighted by Gasteiger charge is -2.38. The maximum absolute atomic E-state index is 12.9. The Morgan fingerprint density at radius 2 is 1.67 bits per heavy atom. The molecule has 2 aliphatic heterocycles. The number of anilines is 1. The Kier molecular flexibility index (Phi) is 9.34. The van der Waals surface area contributed by atoms with Crippen molar-refractivity contribution >= 4 is 35.6 Å². The zero-order valence-corrected chi connectivity index (χ0v) is 27.2. The average molecular weight is 643 g/mol. The van der Waals surface area contributed by atoms with Crippen LogP contribution in [0.5, 0.6) is 0 Å². The Morgan fingerprint density at radius 1 is 1.02 bits per heavy atom. The van der Waals surface area contributed by atoms with Crippen molar-refractivity contribution in [2.24, 2.45) is 17.8 Å². The third kappa shape index (κ3) is 7.98. The van der Waals surface area contributed by atoms with Gasteiger partial charge in [0.05, 0.1) is 0 Å². The molecule has 4 N–H and O–H groups in total. The Bertz CT molecular complexity index is 1430. The number of carbonyl (C=O) groups excluding carboxylic acids is 3. The number of carboxylic acid groups (broad SMARTS) is 1. The zero-order chi connectivity index (χ0) is 33.4. The van der Waals surface area contributed by atoms with Gasteiger partial charge in [0.2, 0.25) is 5.91 Å². The first-order valence-electron chi connectivity index (χ1n) is 16.0. The molecule has 4 aliphatic rings. The number of hydrogen-bond donors (Lipinski definition) is 4. The molecular weight excluding hydrogens is 596 g/mol. The number of piperidine rings is 1. The van der Waals surface area contributed by atoms with E-state index in [0.717, 1.165) is 44.6 Å². The molecule has 2 aliphatic carbocycles. The van der Waals surface area contributed by atoms with Crippen LogP contribution in [-0.4, -0.2) is 116 Å². The SMILES string of the molecule is CC(C)(C)OC(=O)NC1C2CN(CC3CC=C(n4ccc(NC(=O)N5CCN(C(=O)C(C)(C)NC(=O)O)CC5)nc4=O)CC3)CC21. The summed E-state index contributed by atoms with van der Waals surface area (Å²) in [4.78, 5) is 71.1. The molecule has 1 aromatic rings. The van der Waals surface area contributed by atoms with Gasteiger partial charge in [0.15, 0.2) is 0 Å².